The number of benzene rings is 1. The molecule has 1 aromatic rings. The van der Waals surface area contributed by atoms with Crippen molar-refractivity contribution < 1.29 is 4.79 Å². The zero-order valence-corrected chi connectivity index (χ0v) is 14.4. The van der Waals surface area contributed by atoms with Crippen LogP contribution in [-0.4, -0.2) is 54.5 Å². The van der Waals surface area contributed by atoms with Gasteiger partial charge in [0.1, 0.15) is 0 Å². The van der Waals surface area contributed by atoms with Crippen LogP contribution in [0.2, 0.25) is 5.02 Å². The molecule has 1 aliphatic rings. The van der Waals surface area contributed by atoms with Crippen molar-refractivity contribution in [2.24, 2.45) is 0 Å². The van der Waals surface area contributed by atoms with E-state index in [0.717, 1.165) is 31.6 Å². The monoisotopic (exact) mass is 323 g/mol. The van der Waals surface area contributed by atoms with Gasteiger partial charge >= 0.3 is 0 Å². The van der Waals surface area contributed by atoms with Crippen LogP contribution in [0.1, 0.15) is 26.7 Å². The van der Waals surface area contributed by atoms with Gasteiger partial charge in [-0.2, -0.15) is 0 Å². The van der Waals surface area contributed by atoms with Crippen molar-refractivity contribution in [3.8, 4) is 0 Å². The van der Waals surface area contributed by atoms with E-state index in [0.29, 0.717) is 23.7 Å². The second-order valence-corrected chi connectivity index (χ2v) is 6.77. The highest BCUT2D eigenvalue weighted by molar-refractivity contribution is 6.30. The molecule has 0 aliphatic carbocycles. The Balaban J connectivity index is 1.78. The van der Waals surface area contributed by atoms with E-state index in [2.05, 4.69) is 29.0 Å². The van der Waals surface area contributed by atoms with Crippen molar-refractivity contribution in [3.63, 3.8) is 0 Å². The number of anilines is 1. The third kappa shape index (κ3) is 4.97. The van der Waals surface area contributed by atoms with Crippen LogP contribution in [0.5, 0.6) is 0 Å². The van der Waals surface area contributed by atoms with Crippen LogP contribution < -0.4 is 5.32 Å². The summed E-state index contributed by atoms with van der Waals surface area (Å²) in [6.45, 7) is 7.14. The Kier molecular flexibility index (Phi) is 6.24. The number of amides is 1. The standard InChI is InChI=1S/C17H26ClN3O/c1-13(2)21-10-8-16(9-11-21)20(3)12-17(22)19-15-6-4-14(18)5-7-15/h4-7,13,16H,8-12H2,1-3H3,(H,19,22). The number of carbonyl (C=O) groups excluding carboxylic acids is 1. The SMILES string of the molecule is CC(C)N1CCC(N(C)CC(=O)Nc2ccc(Cl)cc2)CC1. The molecule has 1 saturated heterocycles. The Morgan fingerprint density at radius 2 is 1.91 bits per heavy atom. The molecular formula is C17H26ClN3O. The van der Waals surface area contributed by atoms with E-state index in [1.807, 2.05) is 19.2 Å². The summed E-state index contributed by atoms with van der Waals surface area (Å²) in [7, 11) is 2.04. The van der Waals surface area contributed by atoms with Gasteiger partial charge < -0.3 is 10.2 Å². The highest BCUT2D eigenvalue weighted by Gasteiger charge is 2.24. The van der Waals surface area contributed by atoms with E-state index in [9.17, 15) is 4.79 Å². The van der Waals surface area contributed by atoms with Crippen molar-refractivity contribution in [2.75, 3.05) is 32.0 Å². The van der Waals surface area contributed by atoms with Gasteiger partial charge in [0.05, 0.1) is 6.54 Å². The summed E-state index contributed by atoms with van der Waals surface area (Å²) >= 11 is 5.84. The van der Waals surface area contributed by atoms with Crippen molar-refractivity contribution in [1.29, 1.82) is 0 Å². The number of likely N-dealkylation sites (N-methyl/N-ethyl adjacent to an activating group) is 1. The summed E-state index contributed by atoms with van der Waals surface area (Å²) in [5.41, 5.74) is 0.789. The maximum Gasteiger partial charge on any atom is 0.238 e. The fourth-order valence-corrected chi connectivity index (χ4v) is 3.06. The largest absolute Gasteiger partial charge is 0.325 e. The third-order valence-electron chi connectivity index (χ3n) is 4.37. The van der Waals surface area contributed by atoms with E-state index in [4.69, 9.17) is 11.6 Å². The molecule has 1 aliphatic heterocycles. The molecule has 4 nitrogen and oxygen atoms in total. The third-order valence-corrected chi connectivity index (χ3v) is 4.63. The Bertz CT molecular complexity index is 481. The number of hydrogen-bond acceptors (Lipinski definition) is 3. The van der Waals surface area contributed by atoms with Crippen LogP contribution in [0.4, 0.5) is 5.69 Å². The van der Waals surface area contributed by atoms with Gasteiger partial charge in [0, 0.05) is 22.8 Å². The van der Waals surface area contributed by atoms with Gasteiger partial charge in [0.25, 0.3) is 0 Å². The van der Waals surface area contributed by atoms with Crippen molar-refractivity contribution >= 4 is 23.2 Å². The van der Waals surface area contributed by atoms with Gasteiger partial charge in [-0.25, -0.2) is 0 Å². The van der Waals surface area contributed by atoms with Crippen LogP contribution in [0, 0.1) is 0 Å². The molecule has 122 valence electrons. The maximum atomic E-state index is 12.1. The molecule has 22 heavy (non-hydrogen) atoms. The van der Waals surface area contributed by atoms with Crippen LogP contribution in [-0.2, 0) is 4.79 Å². The average Bonchev–Trinajstić information content (AvgIpc) is 2.49. The number of nitrogens with zero attached hydrogens (tertiary/aromatic N) is 2. The molecule has 0 radical (unpaired) electrons. The summed E-state index contributed by atoms with van der Waals surface area (Å²) in [5, 5.41) is 3.59. The second kappa shape index (κ2) is 7.95. The molecule has 0 unspecified atom stereocenters. The van der Waals surface area contributed by atoms with Crippen molar-refractivity contribution in [1.82, 2.24) is 9.80 Å². The van der Waals surface area contributed by atoms with E-state index in [1.54, 1.807) is 12.1 Å². The molecule has 5 heteroatoms. The predicted octanol–water partition coefficient (Wildman–Crippen LogP) is 3.08. The Morgan fingerprint density at radius 1 is 1.32 bits per heavy atom. The number of halogens is 1. The first kappa shape index (κ1) is 17.3. The molecule has 0 spiro atoms. The molecule has 1 aromatic carbocycles. The minimum atomic E-state index is 0.0242. The lowest BCUT2D eigenvalue weighted by Crippen LogP contribution is -2.47. The minimum Gasteiger partial charge on any atom is -0.325 e. The first-order chi connectivity index (χ1) is 10.5. The molecule has 0 atom stereocenters. The summed E-state index contributed by atoms with van der Waals surface area (Å²) < 4.78 is 0. The molecule has 1 fully saturated rings. The Hall–Kier alpha value is -1.10. The van der Waals surface area contributed by atoms with Gasteiger partial charge in [0.2, 0.25) is 5.91 Å². The van der Waals surface area contributed by atoms with Crippen LogP contribution in [0.3, 0.4) is 0 Å². The van der Waals surface area contributed by atoms with Crippen LogP contribution >= 0.6 is 11.6 Å². The number of carbonyl (C=O) groups is 1. The molecule has 1 N–H and O–H groups in total. The normalized spacial score (nSPS) is 17.2. The average molecular weight is 324 g/mol. The molecule has 1 amide bonds. The number of nitrogens with one attached hydrogen (secondary N) is 1. The predicted molar refractivity (Wildman–Crippen MR) is 92.4 cm³/mol. The smallest absolute Gasteiger partial charge is 0.238 e. The van der Waals surface area contributed by atoms with Crippen LogP contribution in [0.25, 0.3) is 0 Å². The van der Waals surface area contributed by atoms with Gasteiger partial charge in [-0.3, -0.25) is 9.69 Å². The molecule has 0 bridgehead atoms. The molecular weight excluding hydrogens is 298 g/mol. The summed E-state index contributed by atoms with van der Waals surface area (Å²) in [4.78, 5) is 16.8. The molecule has 1 heterocycles. The van der Waals surface area contributed by atoms with E-state index >= 15 is 0 Å². The fourth-order valence-electron chi connectivity index (χ4n) is 2.93. The highest BCUT2D eigenvalue weighted by atomic mass is 35.5. The zero-order chi connectivity index (χ0) is 16.1. The lowest BCUT2D eigenvalue weighted by atomic mass is 10.0. The minimum absolute atomic E-state index is 0.0242. The zero-order valence-electron chi connectivity index (χ0n) is 13.7. The van der Waals surface area contributed by atoms with E-state index in [1.165, 1.54) is 0 Å². The van der Waals surface area contributed by atoms with Gasteiger partial charge in [-0.05, 0) is 71.1 Å². The summed E-state index contributed by atoms with van der Waals surface area (Å²) in [6, 6.07) is 8.30. The first-order valence-electron chi connectivity index (χ1n) is 7.95. The lowest BCUT2D eigenvalue weighted by molar-refractivity contribution is -0.117. The Morgan fingerprint density at radius 3 is 2.45 bits per heavy atom. The topological polar surface area (TPSA) is 35.6 Å². The van der Waals surface area contributed by atoms with Crippen molar-refractivity contribution in [3.05, 3.63) is 29.3 Å². The molecule has 0 aromatic heterocycles. The fraction of sp³-hybridized carbons (Fsp3) is 0.588. The molecule has 0 saturated carbocycles. The molecule has 2 rings (SSSR count). The van der Waals surface area contributed by atoms with Gasteiger partial charge in [0.15, 0.2) is 0 Å². The number of likely N-dealkylation sites (tertiary alicyclic amines) is 1. The summed E-state index contributed by atoms with van der Waals surface area (Å²) in [5.74, 6) is 0.0242. The number of piperidine rings is 1. The van der Waals surface area contributed by atoms with Gasteiger partial charge in [-0.1, -0.05) is 11.6 Å². The second-order valence-electron chi connectivity index (χ2n) is 6.33. The summed E-state index contributed by atoms with van der Waals surface area (Å²) in [6.07, 6.45) is 2.26. The van der Waals surface area contributed by atoms with E-state index in [-0.39, 0.29) is 5.91 Å². The van der Waals surface area contributed by atoms with E-state index < -0.39 is 0 Å². The lowest BCUT2D eigenvalue weighted by Gasteiger charge is -2.38. The van der Waals surface area contributed by atoms with Crippen LogP contribution in [0.15, 0.2) is 24.3 Å². The van der Waals surface area contributed by atoms with Gasteiger partial charge in [-0.15, -0.1) is 0 Å². The first-order valence-corrected chi connectivity index (χ1v) is 8.33. The maximum absolute atomic E-state index is 12.1. The highest BCUT2D eigenvalue weighted by Crippen LogP contribution is 2.17. The Labute approximate surface area is 138 Å². The number of rotatable bonds is 5. The van der Waals surface area contributed by atoms with Crippen molar-refractivity contribution in [2.45, 2.75) is 38.8 Å². The quantitative estimate of drug-likeness (QED) is 0.904. The number of hydrogen-bond donors (Lipinski definition) is 1.